The number of rotatable bonds is 6. The highest BCUT2D eigenvalue weighted by Gasteiger charge is 2.11. The summed E-state index contributed by atoms with van der Waals surface area (Å²) in [6.07, 6.45) is 2.55. The molecule has 1 aliphatic heterocycles. The lowest BCUT2D eigenvalue weighted by molar-refractivity contribution is 0.628. The van der Waals surface area contributed by atoms with Gasteiger partial charge in [-0.2, -0.15) is 10.2 Å². The molecule has 5 nitrogen and oxygen atoms in total. The number of halogens is 1. The second kappa shape index (κ2) is 8.95. The fourth-order valence-electron chi connectivity index (χ4n) is 3.53. The first kappa shape index (κ1) is 19.9. The van der Waals surface area contributed by atoms with Crippen LogP contribution in [0.1, 0.15) is 24.0 Å². The normalized spacial score (nSPS) is 13.8. The van der Waals surface area contributed by atoms with Crippen LogP contribution in [0, 0.1) is 19.7 Å². The molecule has 1 fully saturated rings. The zero-order chi connectivity index (χ0) is 20.9. The van der Waals surface area contributed by atoms with Gasteiger partial charge in [-0.1, -0.05) is 0 Å². The van der Waals surface area contributed by atoms with Crippen molar-refractivity contribution in [1.29, 1.82) is 0 Å². The molecular weight excluding hydrogens is 377 g/mol. The maximum atomic E-state index is 13.0. The lowest BCUT2D eigenvalue weighted by Gasteiger charge is -2.18. The highest BCUT2D eigenvalue weighted by Crippen LogP contribution is 2.29. The van der Waals surface area contributed by atoms with Crippen LogP contribution in [0.4, 0.5) is 32.8 Å². The predicted molar refractivity (Wildman–Crippen MR) is 122 cm³/mol. The highest BCUT2D eigenvalue weighted by molar-refractivity contribution is 5.64. The summed E-state index contributed by atoms with van der Waals surface area (Å²) < 4.78 is 13.0. The third-order valence-corrected chi connectivity index (χ3v) is 5.32. The molecule has 3 aromatic rings. The van der Waals surface area contributed by atoms with Gasteiger partial charge in [0.05, 0.1) is 22.7 Å². The zero-order valence-corrected chi connectivity index (χ0v) is 17.3. The van der Waals surface area contributed by atoms with E-state index in [-0.39, 0.29) is 5.82 Å². The van der Waals surface area contributed by atoms with E-state index in [4.69, 9.17) is 0 Å². The van der Waals surface area contributed by atoms with E-state index in [2.05, 4.69) is 50.2 Å². The molecule has 0 saturated carbocycles. The van der Waals surface area contributed by atoms with Gasteiger partial charge in [-0.3, -0.25) is 0 Å². The van der Waals surface area contributed by atoms with Crippen molar-refractivity contribution in [2.24, 2.45) is 10.2 Å². The summed E-state index contributed by atoms with van der Waals surface area (Å²) in [5.74, 6) is -0.283. The third kappa shape index (κ3) is 4.76. The Bertz CT molecular complexity index is 1020. The standard InChI is InChI=1S/C24H26FN5/c1-17-16-24(18(2)15-23(17)28-26-20-7-5-19(25)6-8-20)29-27-21-9-11-22(12-10-21)30-13-3-4-14-30/h5-12,15-16,27,29H,3-4,13-14H2,1-2H3. The monoisotopic (exact) mass is 403 g/mol. The lowest BCUT2D eigenvalue weighted by Crippen LogP contribution is -2.17. The van der Waals surface area contributed by atoms with Crippen molar-refractivity contribution in [2.45, 2.75) is 26.7 Å². The molecule has 0 aliphatic carbocycles. The Morgan fingerprint density at radius 3 is 2.20 bits per heavy atom. The molecule has 1 aliphatic rings. The smallest absolute Gasteiger partial charge is 0.123 e. The number of hydrogen-bond donors (Lipinski definition) is 2. The molecule has 4 rings (SSSR count). The number of hydrogen-bond acceptors (Lipinski definition) is 5. The summed E-state index contributed by atoms with van der Waals surface area (Å²) in [5, 5.41) is 8.52. The summed E-state index contributed by atoms with van der Waals surface area (Å²) in [5.41, 5.74) is 13.3. The maximum absolute atomic E-state index is 13.0. The van der Waals surface area contributed by atoms with Crippen molar-refractivity contribution in [1.82, 2.24) is 0 Å². The van der Waals surface area contributed by atoms with Crippen molar-refractivity contribution < 1.29 is 4.39 Å². The Hall–Kier alpha value is -3.41. The minimum Gasteiger partial charge on any atom is -0.372 e. The van der Waals surface area contributed by atoms with E-state index in [0.29, 0.717) is 5.69 Å². The molecule has 154 valence electrons. The van der Waals surface area contributed by atoms with Gasteiger partial charge in [0, 0.05) is 18.8 Å². The maximum Gasteiger partial charge on any atom is 0.123 e. The third-order valence-electron chi connectivity index (χ3n) is 5.32. The van der Waals surface area contributed by atoms with Crippen molar-refractivity contribution in [3.8, 4) is 0 Å². The summed E-state index contributed by atoms with van der Waals surface area (Å²) in [7, 11) is 0. The minimum absolute atomic E-state index is 0.283. The van der Waals surface area contributed by atoms with Crippen molar-refractivity contribution in [3.63, 3.8) is 0 Å². The summed E-state index contributed by atoms with van der Waals surface area (Å²) in [4.78, 5) is 2.42. The molecule has 0 atom stereocenters. The molecule has 1 heterocycles. The molecule has 0 bridgehead atoms. The van der Waals surface area contributed by atoms with Gasteiger partial charge in [-0.05, 0) is 98.5 Å². The van der Waals surface area contributed by atoms with E-state index >= 15 is 0 Å². The zero-order valence-electron chi connectivity index (χ0n) is 17.3. The number of anilines is 3. The molecule has 2 N–H and O–H groups in total. The number of benzene rings is 3. The Balaban J connectivity index is 1.41. The molecule has 6 heteroatoms. The quantitative estimate of drug-likeness (QED) is 0.348. The number of aryl methyl sites for hydroxylation is 2. The van der Waals surface area contributed by atoms with Crippen LogP contribution < -0.4 is 15.8 Å². The highest BCUT2D eigenvalue weighted by atomic mass is 19.1. The minimum atomic E-state index is -0.283. The summed E-state index contributed by atoms with van der Waals surface area (Å²) in [6.45, 7) is 6.31. The number of azo groups is 1. The van der Waals surface area contributed by atoms with Gasteiger partial charge in [0.25, 0.3) is 0 Å². The Morgan fingerprint density at radius 2 is 1.50 bits per heavy atom. The van der Waals surface area contributed by atoms with Gasteiger partial charge in [-0.25, -0.2) is 4.39 Å². The molecular formula is C24H26FN5. The summed E-state index contributed by atoms with van der Waals surface area (Å²) in [6, 6.07) is 18.5. The number of nitrogens with one attached hydrogen (secondary N) is 2. The molecule has 3 aromatic carbocycles. The van der Waals surface area contributed by atoms with Crippen molar-refractivity contribution >= 4 is 28.4 Å². The van der Waals surface area contributed by atoms with Crippen LogP contribution in [-0.2, 0) is 0 Å². The van der Waals surface area contributed by atoms with E-state index < -0.39 is 0 Å². The van der Waals surface area contributed by atoms with E-state index in [0.717, 1.165) is 41.3 Å². The molecule has 0 radical (unpaired) electrons. The Kier molecular flexibility index (Phi) is 5.93. The van der Waals surface area contributed by atoms with E-state index in [1.54, 1.807) is 12.1 Å². The van der Waals surface area contributed by atoms with Gasteiger partial charge < -0.3 is 15.8 Å². The van der Waals surface area contributed by atoms with Crippen LogP contribution in [0.25, 0.3) is 0 Å². The van der Waals surface area contributed by atoms with Crippen molar-refractivity contribution in [3.05, 3.63) is 77.6 Å². The van der Waals surface area contributed by atoms with Crippen LogP contribution in [-0.4, -0.2) is 13.1 Å². The fraction of sp³-hybridized carbons (Fsp3) is 0.250. The summed E-state index contributed by atoms with van der Waals surface area (Å²) >= 11 is 0. The first-order valence-electron chi connectivity index (χ1n) is 10.2. The molecule has 0 amide bonds. The van der Waals surface area contributed by atoms with Crippen LogP contribution in [0.15, 0.2) is 70.9 Å². The van der Waals surface area contributed by atoms with Gasteiger partial charge in [0.15, 0.2) is 0 Å². The molecule has 0 unspecified atom stereocenters. The van der Waals surface area contributed by atoms with E-state index in [1.807, 2.05) is 26.0 Å². The molecule has 0 spiro atoms. The first-order valence-corrected chi connectivity index (χ1v) is 10.2. The Labute approximate surface area is 176 Å². The van der Waals surface area contributed by atoms with E-state index in [1.165, 1.54) is 30.7 Å². The van der Waals surface area contributed by atoms with Crippen LogP contribution >= 0.6 is 0 Å². The number of hydrazine groups is 1. The van der Waals surface area contributed by atoms with E-state index in [9.17, 15) is 4.39 Å². The Morgan fingerprint density at radius 1 is 0.800 bits per heavy atom. The lowest BCUT2D eigenvalue weighted by atomic mass is 10.1. The topological polar surface area (TPSA) is 52.0 Å². The van der Waals surface area contributed by atoms with Crippen LogP contribution in [0.2, 0.25) is 0 Å². The van der Waals surface area contributed by atoms with Crippen molar-refractivity contribution in [2.75, 3.05) is 28.8 Å². The SMILES string of the molecule is Cc1cc(NNc2ccc(N3CCCC3)cc2)c(C)cc1N=Nc1ccc(F)cc1. The fourth-order valence-corrected chi connectivity index (χ4v) is 3.53. The average Bonchev–Trinajstić information content (AvgIpc) is 3.29. The predicted octanol–water partition coefficient (Wildman–Crippen LogP) is 6.90. The van der Waals surface area contributed by atoms with Gasteiger partial charge >= 0.3 is 0 Å². The van der Waals surface area contributed by atoms with Gasteiger partial charge in [0.2, 0.25) is 0 Å². The first-order chi connectivity index (χ1) is 14.6. The molecule has 0 aromatic heterocycles. The van der Waals surface area contributed by atoms with Gasteiger partial charge in [-0.15, -0.1) is 0 Å². The van der Waals surface area contributed by atoms with Crippen LogP contribution in [0.5, 0.6) is 0 Å². The second-order valence-corrected chi connectivity index (χ2v) is 7.62. The second-order valence-electron chi connectivity index (χ2n) is 7.62. The average molecular weight is 404 g/mol. The number of nitrogens with zero attached hydrogens (tertiary/aromatic N) is 3. The van der Waals surface area contributed by atoms with Gasteiger partial charge in [0.1, 0.15) is 5.82 Å². The molecule has 30 heavy (non-hydrogen) atoms. The molecule has 1 saturated heterocycles. The largest absolute Gasteiger partial charge is 0.372 e. The van der Waals surface area contributed by atoms with Crippen LogP contribution in [0.3, 0.4) is 0 Å².